The van der Waals surface area contributed by atoms with Gasteiger partial charge in [-0.05, 0) is 25.0 Å². The lowest BCUT2D eigenvalue weighted by Crippen LogP contribution is -2.45. The summed E-state index contributed by atoms with van der Waals surface area (Å²) in [6, 6.07) is 3.10. The number of piperidine rings is 1. The van der Waals surface area contributed by atoms with E-state index < -0.39 is 0 Å². The summed E-state index contributed by atoms with van der Waals surface area (Å²) in [7, 11) is 0. The van der Waals surface area contributed by atoms with Gasteiger partial charge in [-0.3, -0.25) is 5.41 Å². The van der Waals surface area contributed by atoms with Crippen molar-refractivity contribution in [1.29, 1.82) is 5.41 Å². The fourth-order valence-corrected chi connectivity index (χ4v) is 2.05. The van der Waals surface area contributed by atoms with E-state index in [-0.39, 0.29) is 17.1 Å². The molecule has 3 N–H and O–H groups in total. The van der Waals surface area contributed by atoms with Gasteiger partial charge in [0.25, 0.3) is 0 Å². The number of nitrogens with one attached hydrogen (secondary N) is 1. The van der Waals surface area contributed by atoms with E-state index in [0.717, 1.165) is 31.7 Å². The van der Waals surface area contributed by atoms with E-state index in [1.165, 1.54) is 12.3 Å². The summed E-state index contributed by atoms with van der Waals surface area (Å²) in [5.41, 5.74) is 5.41. The van der Waals surface area contributed by atoms with Crippen molar-refractivity contribution in [2.24, 2.45) is 11.1 Å². The molecule has 1 aromatic heterocycles. The SMILES string of the molecule is CC1(C(=N)N)CCN(c2ccc(F)cn2)CC1. The van der Waals surface area contributed by atoms with Gasteiger partial charge in [0.15, 0.2) is 0 Å². The van der Waals surface area contributed by atoms with E-state index in [9.17, 15) is 4.39 Å². The highest BCUT2D eigenvalue weighted by Gasteiger charge is 2.33. The van der Waals surface area contributed by atoms with Crippen molar-refractivity contribution in [2.45, 2.75) is 19.8 Å². The molecule has 1 aromatic rings. The van der Waals surface area contributed by atoms with Crippen molar-refractivity contribution in [2.75, 3.05) is 18.0 Å². The van der Waals surface area contributed by atoms with Crippen molar-refractivity contribution in [3.05, 3.63) is 24.1 Å². The van der Waals surface area contributed by atoms with Gasteiger partial charge in [-0.2, -0.15) is 0 Å². The number of anilines is 1. The van der Waals surface area contributed by atoms with Crippen LogP contribution in [0.2, 0.25) is 0 Å². The van der Waals surface area contributed by atoms with Crippen LogP contribution in [0.3, 0.4) is 0 Å². The number of hydrogen-bond acceptors (Lipinski definition) is 3. The summed E-state index contributed by atoms with van der Waals surface area (Å²) in [5.74, 6) is 0.723. The molecule has 0 spiro atoms. The summed E-state index contributed by atoms with van der Waals surface area (Å²) in [5, 5.41) is 7.58. The molecule has 1 aliphatic heterocycles. The van der Waals surface area contributed by atoms with E-state index in [0.29, 0.717) is 0 Å². The zero-order valence-corrected chi connectivity index (χ0v) is 9.91. The molecule has 4 nitrogen and oxygen atoms in total. The highest BCUT2D eigenvalue weighted by molar-refractivity contribution is 5.83. The number of pyridine rings is 1. The van der Waals surface area contributed by atoms with E-state index >= 15 is 0 Å². The van der Waals surface area contributed by atoms with E-state index in [4.69, 9.17) is 11.1 Å². The zero-order valence-electron chi connectivity index (χ0n) is 9.91. The van der Waals surface area contributed by atoms with Gasteiger partial charge in [0.2, 0.25) is 0 Å². The molecule has 17 heavy (non-hydrogen) atoms. The molecule has 92 valence electrons. The van der Waals surface area contributed by atoms with E-state index in [1.807, 2.05) is 6.92 Å². The Labute approximate surface area is 100 Å². The van der Waals surface area contributed by atoms with Crippen LogP contribution in [0, 0.1) is 16.6 Å². The predicted octanol–water partition coefficient (Wildman–Crippen LogP) is 1.76. The minimum Gasteiger partial charge on any atom is -0.387 e. The molecule has 0 aromatic carbocycles. The number of rotatable bonds is 2. The number of nitrogens with zero attached hydrogens (tertiary/aromatic N) is 2. The Kier molecular flexibility index (Phi) is 3.00. The normalized spacial score (nSPS) is 19.1. The van der Waals surface area contributed by atoms with Gasteiger partial charge in [0, 0.05) is 18.5 Å². The van der Waals surface area contributed by atoms with Crippen LogP contribution in [-0.2, 0) is 0 Å². The lowest BCUT2D eigenvalue weighted by atomic mass is 9.79. The van der Waals surface area contributed by atoms with Crippen LogP contribution in [0.4, 0.5) is 10.2 Å². The van der Waals surface area contributed by atoms with Gasteiger partial charge in [0.1, 0.15) is 11.6 Å². The second-order valence-electron chi connectivity index (χ2n) is 4.80. The van der Waals surface area contributed by atoms with Crippen LogP contribution in [-0.4, -0.2) is 23.9 Å². The largest absolute Gasteiger partial charge is 0.387 e. The third kappa shape index (κ3) is 2.38. The molecule has 0 amide bonds. The van der Waals surface area contributed by atoms with Crippen molar-refractivity contribution >= 4 is 11.7 Å². The first-order valence-corrected chi connectivity index (χ1v) is 5.72. The summed E-state index contributed by atoms with van der Waals surface area (Å²) < 4.78 is 12.8. The lowest BCUT2D eigenvalue weighted by molar-refractivity contribution is 0.350. The second kappa shape index (κ2) is 4.31. The molecule has 0 aliphatic carbocycles. The van der Waals surface area contributed by atoms with Gasteiger partial charge in [0.05, 0.1) is 12.0 Å². The summed E-state index contributed by atoms with van der Waals surface area (Å²) in [4.78, 5) is 6.16. The maximum absolute atomic E-state index is 12.8. The predicted molar refractivity (Wildman–Crippen MR) is 65.7 cm³/mol. The Morgan fingerprint density at radius 2 is 2.12 bits per heavy atom. The van der Waals surface area contributed by atoms with Crippen LogP contribution in [0.15, 0.2) is 18.3 Å². The lowest BCUT2D eigenvalue weighted by Gasteiger charge is -2.39. The quantitative estimate of drug-likeness (QED) is 0.607. The Balaban J connectivity index is 2.04. The van der Waals surface area contributed by atoms with Crippen LogP contribution in [0.1, 0.15) is 19.8 Å². The van der Waals surface area contributed by atoms with Gasteiger partial charge in [-0.1, -0.05) is 6.92 Å². The first-order valence-electron chi connectivity index (χ1n) is 5.72. The molecule has 1 saturated heterocycles. The average molecular weight is 236 g/mol. The van der Waals surface area contributed by atoms with Crippen molar-refractivity contribution in [1.82, 2.24) is 4.98 Å². The van der Waals surface area contributed by atoms with E-state index in [1.54, 1.807) is 6.07 Å². The Bertz CT molecular complexity index is 407. The molecule has 2 rings (SSSR count). The minimum absolute atomic E-state index is 0.198. The summed E-state index contributed by atoms with van der Waals surface area (Å²) >= 11 is 0. The molecule has 0 unspecified atom stereocenters. The topological polar surface area (TPSA) is 66.0 Å². The number of aromatic nitrogens is 1. The number of amidine groups is 1. The van der Waals surface area contributed by atoms with Crippen molar-refractivity contribution in [3.8, 4) is 0 Å². The van der Waals surface area contributed by atoms with Crippen LogP contribution in [0.25, 0.3) is 0 Å². The standard InChI is InChI=1S/C12H17FN4/c1-12(11(14)15)4-6-17(7-5-12)10-3-2-9(13)8-16-10/h2-3,8H,4-7H2,1H3,(H3,14,15). The zero-order chi connectivity index (χ0) is 12.5. The van der Waals surface area contributed by atoms with Crippen LogP contribution < -0.4 is 10.6 Å². The molecular weight excluding hydrogens is 219 g/mol. The smallest absolute Gasteiger partial charge is 0.141 e. The first kappa shape index (κ1) is 11.8. The maximum Gasteiger partial charge on any atom is 0.141 e. The monoisotopic (exact) mass is 236 g/mol. The molecule has 2 heterocycles. The Morgan fingerprint density at radius 3 is 2.59 bits per heavy atom. The van der Waals surface area contributed by atoms with Gasteiger partial charge in [-0.25, -0.2) is 9.37 Å². The third-order valence-corrected chi connectivity index (χ3v) is 3.55. The molecule has 0 atom stereocenters. The highest BCUT2D eigenvalue weighted by atomic mass is 19.1. The van der Waals surface area contributed by atoms with Crippen molar-refractivity contribution in [3.63, 3.8) is 0 Å². The van der Waals surface area contributed by atoms with Gasteiger partial charge in [-0.15, -0.1) is 0 Å². The number of halogens is 1. The summed E-state index contributed by atoms with van der Waals surface area (Å²) in [6.07, 6.45) is 2.90. The minimum atomic E-state index is -0.320. The van der Waals surface area contributed by atoms with Gasteiger partial charge < -0.3 is 10.6 Å². The average Bonchev–Trinajstić information content (AvgIpc) is 2.31. The fourth-order valence-electron chi connectivity index (χ4n) is 2.05. The molecule has 0 radical (unpaired) electrons. The molecule has 5 heteroatoms. The van der Waals surface area contributed by atoms with E-state index in [2.05, 4.69) is 9.88 Å². The fraction of sp³-hybridized carbons (Fsp3) is 0.500. The second-order valence-corrected chi connectivity index (χ2v) is 4.80. The van der Waals surface area contributed by atoms with Crippen LogP contribution >= 0.6 is 0 Å². The molecule has 0 bridgehead atoms. The van der Waals surface area contributed by atoms with Crippen LogP contribution in [0.5, 0.6) is 0 Å². The molecule has 1 aliphatic rings. The first-order chi connectivity index (χ1) is 8.01. The van der Waals surface area contributed by atoms with Crippen molar-refractivity contribution < 1.29 is 4.39 Å². The summed E-state index contributed by atoms with van der Waals surface area (Å²) in [6.45, 7) is 3.62. The number of hydrogen-bond donors (Lipinski definition) is 2. The Hall–Kier alpha value is -1.65. The Morgan fingerprint density at radius 1 is 1.47 bits per heavy atom. The maximum atomic E-state index is 12.8. The molecule has 1 fully saturated rings. The number of nitrogens with two attached hydrogens (primary N) is 1. The third-order valence-electron chi connectivity index (χ3n) is 3.55. The molecular formula is C12H17FN4. The highest BCUT2D eigenvalue weighted by Crippen LogP contribution is 2.32. The molecule has 0 saturated carbocycles. The van der Waals surface area contributed by atoms with Gasteiger partial charge >= 0.3 is 0 Å².